The van der Waals surface area contributed by atoms with Crippen molar-refractivity contribution < 1.29 is 9.90 Å². The van der Waals surface area contributed by atoms with Crippen LogP contribution in [0.25, 0.3) is 5.95 Å². The number of hydrogen-bond donors (Lipinski definition) is 1. The zero-order chi connectivity index (χ0) is 14.0. The van der Waals surface area contributed by atoms with Crippen molar-refractivity contribution in [2.75, 3.05) is 0 Å². The third-order valence-corrected chi connectivity index (χ3v) is 2.94. The van der Waals surface area contributed by atoms with Gasteiger partial charge in [0.1, 0.15) is 0 Å². The summed E-state index contributed by atoms with van der Waals surface area (Å²) < 4.78 is 1.68. The number of carbonyl (C=O) groups is 1. The molecule has 0 radical (unpaired) electrons. The summed E-state index contributed by atoms with van der Waals surface area (Å²) in [6.07, 6.45) is 2.98. The molecule has 19 heavy (non-hydrogen) atoms. The van der Waals surface area contributed by atoms with Crippen LogP contribution in [-0.4, -0.2) is 30.8 Å². The van der Waals surface area contributed by atoms with E-state index in [1.165, 1.54) is 6.20 Å². The van der Waals surface area contributed by atoms with Gasteiger partial charge in [-0.15, -0.1) is 0 Å². The zero-order valence-corrected chi connectivity index (χ0v) is 11.2. The van der Waals surface area contributed by atoms with Gasteiger partial charge in [0.05, 0.1) is 17.0 Å². The lowest BCUT2D eigenvalue weighted by molar-refractivity contribution is 0.0695. The molecule has 2 aromatic rings. The number of hydrogen-bond acceptors (Lipinski definition) is 4. The second-order valence-corrected chi connectivity index (χ2v) is 4.22. The molecule has 0 aliphatic carbocycles. The van der Waals surface area contributed by atoms with Crippen LogP contribution < -0.4 is 0 Å². The van der Waals surface area contributed by atoms with E-state index in [1.807, 2.05) is 19.9 Å². The molecule has 2 heterocycles. The first kappa shape index (κ1) is 13.2. The van der Waals surface area contributed by atoms with Gasteiger partial charge in [-0.3, -0.25) is 0 Å². The molecule has 0 fully saturated rings. The van der Waals surface area contributed by atoms with Crippen molar-refractivity contribution in [3.63, 3.8) is 0 Å². The molecular formula is C13H16N4O2. The van der Waals surface area contributed by atoms with Crippen molar-refractivity contribution in [3.8, 4) is 5.95 Å². The SMILES string of the molecule is CCc1cc(CC)n(-c2ncc(C(=O)O)c(C)n2)n1. The second kappa shape index (κ2) is 5.17. The summed E-state index contributed by atoms with van der Waals surface area (Å²) in [4.78, 5) is 19.3. The summed E-state index contributed by atoms with van der Waals surface area (Å²) >= 11 is 0. The highest BCUT2D eigenvalue weighted by Crippen LogP contribution is 2.12. The van der Waals surface area contributed by atoms with Crippen molar-refractivity contribution in [2.24, 2.45) is 0 Å². The summed E-state index contributed by atoms with van der Waals surface area (Å²) in [6.45, 7) is 5.72. The van der Waals surface area contributed by atoms with E-state index in [0.717, 1.165) is 24.2 Å². The average molecular weight is 260 g/mol. The lowest BCUT2D eigenvalue weighted by atomic mass is 10.2. The zero-order valence-electron chi connectivity index (χ0n) is 11.2. The molecule has 0 amide bonds. The molecule has 2 rings (SSSR count). The molecule has 0 bridgehead atoms. The highest BCUT2D eigenvalue weighted by Gasteiger charge is 2.14. The third-order valence-electron chi connectivity index (χ3n) is 2.94. The summed E-state index contributed by atoms with van der Waals surface area (Å²) in [5, 5.41) is 13.4. The summed E-state index contributed by atoms with van der Waals surface area (Å²) in [5.74, 6) is -0.603. The molecule has 2 aromatic heterocycles. The van der Waals surface area contributed by atoms with Crippen LogP contribution in [0.1, 0.15) is 41.3 Å². The molecule has 0 aliphatic rings. The van der Waals surface area contributed by atoms with Crippen LogP contribution in [-0.2, 0) is 12.8 Å². The second-order valence-electron chi connectivity index (χ2n) is 4.22. The van der Waals surface area contributed by atoms with Crippen LogP contribution in [0.4, 0.5) is 0 Å². The predicted octanol–water partition coefficient (Wildman–Crippen LogP) is 1.79. The number of aromatic carboxylic acids is 1. The minimum atomic E-state index is -1.02. The summed E-state index contributed by atoms with van der Waals surface area (Å²) in [5.41, 5.74) is 2.54. The molecule has 0 atom stereocenters. The van der Waals surface area contributed by atoms with E-state index in [-0.39, 0.29) is 5.56 Å². The van der Waals surface area contributed by atoms with E-state index >= 15 is 0 Å². The van der Waals surface area contributed by atoms with Crippen LogP contribution in [0.2, 0.25) is 0 Å². The van der Waals surface area contributed by atoms with E-state index in [2.05, 4.69) is 15.1 Å². The number of aromatic nitrogens is 4. The first-order chi connectivity index (χ1) is 9.06. The molecule has 0 saturated carbocycles. The van der Waals surface area contributed by atoms with Crippen molar-refractivity contribution in [1.29, 1.82) is 0 Å². The number of carboxylic acids is 1. The molecule has 6 nitrogen and oxygen atoms in total. The number of nitrogens with zero attached hydrogens (tertiary/aromatic N) is 4. The van der Waals surface area contributed by atoms with E-state index in [4.69, 9.17) is 5.11 Å². The Bertz CT molecular complexity index is 619. The standard InChI is InChI=1S/C13H16N4O2/c1-4-9-6-10(5-2)17(16-9)13-14-7-11(12(18)19)8(3)15-13/h6-7H,4-5H2,1-3H3,(H,18,19). The number of aryl methyl sites for hydroxylation is 3. The largest absolute Gasteiger partial charge is 0.478 e. The molecule has 1 N–H and O–H groups in total. The molecule has 0 aromatic carbocycles. The fourth-order valence-corrected chi connectivity index (χ4v) is 1.84. The van der Waals surface area contributed by atoms with Crippen molar-refractivity contribution in [3.05, 3.63) is 34.9 Å². The van der Waals surface area contributed by atoms with Gasteiger partial charge >= 0.3 is 5.97 Å². The van der Waals surface area contributed by atoms with E-state index < -0.39 is 5.97 Å². The maximum Gasteiger partial charge on any atom is 0.339 e. The molecule has 100 valence electrons. The van der Waals surface area contributed by atoms with Gasteiger partial charge in [0.15, 0.2) is 0 Å². The molecule has 0 saturated heterocycles. The summed E-state index contributed by atoms with van der Waals surface area (Å²) in [7, 11) is 0. The topological polar surface area (TPSA) is 80.9 Å². The first-order valence-corrected chi connectivity index (χ1v) is 6.21. The lowest BCUT2D eigenvalue weighted by Gasteiger charge is -2.06. The molecule has 0 unspecified atom stereocenters. The third kappa shape index (κ3) is 2.47. The fourth-order valence-electron chi connectivity index (χ4n) is 1.84. The minimum absolute atomic E-state index is 0.115. The van der Waals surface area contributed by atoms with E-state index in [9.17, 15) is 4.79 Å². The highest BCUT2D eigenvalue weighted by atomic mass is 16.4. The van der Waals surface area contributed by atoms with Crippen molar-refractivity contribution >= 4 is 5.97 Å². The summed E-state index contributed by atoms with van der Waals surface area (Å²) in [6, 6.07) is 2.02. The van der Waals surface area contributed by atoms with E-state index in [1.54, 1.807) is 11.6 Å². The smallest absolute Gasteiger partial charge is 0.339 e. The van der Waals surface area contributed by atoms with Gasteiger partial charge < -0.3 is 5.11 Å². The van der Waals surface area contributed by atoms with Crippen LogP contribution in [0, 0.1) is 6.92 Å². The van der Waals surface area contributed by atoms with Crippen LogP contribution in [0.15, 0.2) is 12.3 Å². The molecular weight excluding hydrogens is 244 g/mol. The Hall–Kier alpha value is -2.24. The van der Waals surface area contributed by atoms with E-state index in [0.29, 0.717) is 11.6 Å². The quantitative estimate of drug-likeness (QED) is 0.906. The van der Waals surface area contributed by atoms with Crippen molar-refractivity contribution in [2.45, 2.75) is 33.6 Å². The van der Waals surface area contributed by atoms with Gasteiger partial charge in [-0.2, -0.15) is 5.10 Å². The monoisotopic (exact) mass is 260 g/mol. The number of carboxylic acid groups (broad SMARTS) is 1. The Balaban J connectivity index is 2.50. The van der Waals surface area contributed by atoms with Crippen molar-refractivity contribution in [1.82, 2.24) is 19.7 Å². The Morgan fingerprint density at radius 3 is 2.63 bits per heavy atom. The van der Waals surface area contributed by atoms with Crippen LogP contribution in [0.5, 0.6) is 0 Å². The molecule has 6 heteroatoms. The predicted molar refractivity (Wildman–Crippen MR) is 69.6 cm³/mol. The maximum absolute atomic E-state index is 10.9. The van der Waals surface area contributed by atoms with Gasteiger partial charge in [0.2, 0.25) is 0 Å². The Morgan fingerprint density at radius 2 is 2.11 bits per heavy atom. The molecule has 0 spiro atoms. The number of rotatable bonds is 4. The highest BCUT2D eigenvalue weighted by molar-refractivity contribution is 5.88. The maximum atomic E-state index is 10.9. The fraction of sp³-hybridized carbons (Fsp3) is 0.385. The molecule has 0 aliphatic heterocycles. The normalized spacial score (nSPS) is 10.7. The Morgan fingerprint density at radius 1 is 1.37 bits per heavy atom. The van der Waals surface area contributed by atoms with Gasteiger partial charge in [-0.25, -0.2) is 19.4 Å². The van der Waals surface area contributed by atoms with Gasteiger partial charge in [0.25, 0.3) is 5.95 Å². The van der Waals surface area contributed by atoms with Gasteiger partial charge in [-0.05, 0) is 25.8 Å². The van der Waals surface area contributed by atoms with Crippen LogP contribution in [0.3, 0.4) is 0 Å². The Kier molecular flexibility index (Phi) is 3.59. The van der Waals surface area contributed by atoms with Gasteiger partial charge in [-0.1, -0.05) is 13.8 Å². The average Bonchev–Trinajstić information content (AvgIpc) is 2.81. The Labute approximate surface area is 111 Å². The van der Waals surface area contributed by atoms with Gasteiger partial charge in [0, 0.05) is 11.9 Å². The minimum Gasteiger partial charge on any atom is -0.478 e. The lowest BCUT2D eigenvalue weighted by Crippen LogP contribution is -2.11. The van der Waals surface area contributed by atoms with Crippen LogP contribution >= 0.6 is 0 Å². The first-order valence-electron chi connectivity index (χ1n) is 6.21.